The summed E-state index contributed by atoms with van der Waals surface area (Å²) in [5, 5.41) is 0. The van der Waals surface area contributed by atoms with Gasteiger partial charge in [0.05, 0.1) is 24.9 Å². The van der Waals surface area contributed by atoms with Crippen molar-refractivity contribution in [2.45, 2.75) is 13.0 Å². The highest BCUT2D eigenvalue weighted by molar-refractivity contribution is 5.96. The molecule has 1 aliphatic heterocycles. The van der Waals surface area contributed by atoms with Crippen molar-refractivity contribution >= 4 is 11.9 Å². The molecule has 28 heavy (non-hydrogen) atoms. The van der Waals surface area contributed by atoms with Gasteiger partial charge in [0, 0.05) is 31.2 Å². The lowest BCUT2D eigenvalue weighted by molar-refractivity contribution is 0.0727. The maximum Gasteiger partial charge on any atom is 0.260 e. The van der Waals surface area contributed by atoms with E-state index in [1.807, 2.05) is 0 Å². The molecule has 3 aromatic heterocycles. The monoisotopic (exact) mass is 378 g/mol. The average molecular weight is 378 g/mol. The van der Waals surface area contributed by atoms with E-state index in [2.05, 4.69) is 15.0 Å². The summed E-state index contributed by atoms with van der Waals surface area (Å²) >= 11 is 0. The van der Waals surface area contributed by atoms with Crippen molar-refractivity contribution in [3.05, 3.63) is 70.0 Å². The molecular formula is C19H18N6O3. The van der Waals surface area contributed by atoms with E-state index in [0.717, 1.165) is 11.3 Å². The van der Waals surface area contributed by atoms with Gasteiger partial charge in [0.2, 0.25) is 5.95 Å². The minimum absolute atomic E-state index is 0.175. The molecule has 0 unspecified atom stereocenters. The Hall–Kier alpha value is -3.75. The first-order chi connectivity index (χ1) is 13.6. The van der Waals surface area contributed by atoms with Crippen molar-refractivity contribution in [1.82, 2.24) is 24.4 Å². The van der Waals surface area contributed by atoms with E-state index < -0.39 is 0 Å². The molecular weight excluding hydrogens is 360 g/mol. The lowest BCUT2D eigenvalue weighted by Crippen LogP contribution is -2.37. The molecule has 4 rings (SSSR count). The largest absolute Gasteiger partial charge is 0.496 e. The van der Waals surface area contributed by atoms with Gasteiger partial charge in [-0.3, -0.25) is 14.2 Å². The van der Waals surface area contributed by atoms with Crippen LogP contribution in [0.15, 0.2) is 47.7 Å². The smallest absolute Gasteiger partial charge is 0.260 e. The first kappa shape index (κ1) is 17.7. The first-order valence-corrected chi connectivity index (χ1v) is 8.68. The molecule has 0 spiro atoms. The van der Waals surface area contributed by atoms with Crippen molar-refractivity contribution in [2.24, 2.45) is 0 Å². The van der Waals surface area contributed by atoms with Gasteiger partial charge in [-0.25, -0.2) is 15.0 Å². The lowest BCUT2D eigenvalue weighted by atomic mass is 10.1. The van der Waals surface area contributed by atoms with Crippen molar-refractivity contribution < 1.29 is 9.53 Å². The number of ether oxygens (including phenoxy) is 1. The zero-order chi connectivity index (χ0) is 19.7. The Bertz CT molecular complexity index is 1100. The van der Waals surface area contributed by atoms with Gasteiger partial charge in [-0.2, -0.15) is 0 Å². The zero-order valence-corrected chi connectivity index (χ0v) is 15.2. The fourth-order valence-electron chi connectivity index (χ4n) is 3.18. The second kappa shape index (κ2) is 7.10. The van der Waals surface area contributed by atoms with Gasteiger partial charge in [-0.05, 0) is 24.1 Å². The molecule has 0 aromatic carbocycles. The zero-order valence-electron chi connectivity index (χ0n) is 15.2. The van der Waals surface area contributed by atoms with Crippen molar-refractivity contribution in [3.63, 3.8) is 0 Å². The number of nitrogens with two attached hydrogens (primary N) is 1. The van der Waals surface area contributed by atoms with Gasteiger partial charge < -0.3 is 15.4 Å². The van der Waals surface area contributed by atoms with Crippen LogP contribution in [0.25, 0.3) is 5.82 Å². The maximum absolute atomic E-state index is 13.2. The molecule has 0 atom stereocenters. The Kier molecular flexibility index (Phi) is 4.48. The van der Waals surface area contributed by atoms with Crippen LogP contribution in [-0.2, 0) is 13.0 Å². The Morgan fingerprint density at radius 3 is 2.89 bits per heavy atom. The number of carbonyl (C=O) groups excluding carboxylic acids is 1. The summed E-state index contributed by atoms with van der Waals surface area (Å²) in [6.07, 6.45) is 5.37. The standard InChI is InChI=1S/C19H18N6O3/c1-28-15-8-17(26)25(16-4-2-3-6-21-16)10-13(15)18(27)24-7-5-12-9-22-19(20)23-14(12)11-24/h2-4,6,8-10H,5,7,11H2,1H3,(H2,20,22,23). The normalized spacial score (nSPS) is 13.1. The predicted molar refractivity (Wildman–Crippen MR) is 101 cm³/mol. The Labute approximate surface area is 160 Å². The Balaban J connectivity index is 1.72. The Morgan fingerprint density at radius 2 is 2.14 bits per heavy atom. The minimum atomic E-state index is -0.336. The number of pyridine rings is 2. The van der Waals surface area contributed by atoms with E-state index in [9.17, 15) is 9.59 Å². The number of anilines is 1. The lowest BCUT2D eigenvalue weighted by Gasteiger charge is -2.28. The van der Waals surface area contributed by atoms with Crippen molar-refractivity contribution in [2.75, 3.05) is 19.4 Å². The number of fused-ring (bicyclic) bond motifs is 1. The van der Waals surface area contributed by atoms with Gasteiger partial charge in [-0.15, -0.1) is 0 Å². The third-order valence-corrected chi connectivity index (χ3v) is 4.61. The first-order valence-electron chi connectivity index (χ1n) is 8.68. The van der Waals surface area contributed by atoms with Crippen molar-refractivity contribution in [3.8, 4) is 11.6 Å². The topological polar surface area (TPSA) is 116 Å². The molecule has 1 aliphatic rings. The molecule has 0 bridgehead atoms. The summed E-state index contributed by atoms with van der Waals surface area (Å²) < 4.78 is 6.62. The molecule has 0 radical (unpaired) electrons. The third kappa shape index (κ3) is 3.18. The van der Waals surface area contributed by atoms with Crippen LogP contribution in [0.1, 0.15) is 21.6 Å². The maximum atomic E-state index is 13.2. The summed E-state index contributed by atoms with van der Waals surface area (Å²) in [7, 11) is 1.43. The van der Waals surface area contributed by atoms with Gasteiger partial charge in [0.25, 0.3) is 11.5 Å². The number of methoxy groups -OCH3 is 1. The highest BCUT2D eigenvalue weighted by Crippen LogP contribution is 2.23. The second-order valence-corrected chi connectivity index (χ2v) is 6.33. The van der Waals surface area contributed by atoms with Gasteiger partial charge >= 0.3 is 0 Å². The fraction of sp³-hybridized carbons (Fsp3) is 0.211. The minimum Gasteiger partial charge on any atom is -0.496 e. The fourth-order valence-corrected chi connectivity index (χ4v) is 3.18. The summed E-state index contributed by atoms with van der Waals surface area (Å²) in [4.78, 5) is 39.7. The summed E-state index contributed by atoms with van der Waals surface area (Å²) in [5.74, 6) is 0.558. The van der Waals surface area contributed by atoms with Gasteiger partial charge in [0.1, 0.15) is 11.6 Å². The number of aromatic nitrogens is 4. The second-order valence-electron chi connectivity index (χ2n) is 6.33. The van der Waals surface area contributed by atoms with E-state index in [-0.39, 0.29) is 28.7 Å². The van der Waals surface area contributed by atoms with Crippen LogP contribution in [0, 0.1) is 0 Å². The number of hydrogen-bond donors (Lipinski definition) is 1. The van der Waals surface area contributed by atoms with E-state index in [0.29, 0.717) is 25.3 Å². The van der Waals surface area contributed by atoms with Gasteiger partial charge in [-0.1, -0.05) is 6.07 Å². The molecule has 142 valence electrons. The number of hydrogen-bond acceptors (Lipinski definition) is 7. The number of amides is 1. The van der Waals surface area contributed by atoms with E-state index in [1.54, 1.807) is 35.5 Å². The molecule has 0 saturated carbocycles. The highest BCUT2D eigenvalue weighted by atomic mass is 16.5. The molecule has 1 amide bonds. The Morgan fingerprint density at radius 1 is 1.29 bits per heavy atom. The molecule has 4 heterocycles. The quantitative estimate of drug-likeness (QED) is 0.717. The third-order valence-electron chi connectivity index (χ3n) is 4.61. The summed E-state index contributed by atoms with van der Waals surface area (Å²) in [6.45, 7) is 0.817. The van der Waals surface area contributed by atoms with Crippen LogP contribution in [0.4, 0.5) is 5.95 Å². The predicted octanol–water partition coefficient (Wildman–Crippen LogP) is 0.812. The molecule has 2 N–H and O–H groups in total. The summed E-state index contributed by atoms with van der Waals surface area (Å²) in [5.41, 5.74) is 7.31. The highest BCUT2D eigenvalue weighted by Gasteiger charge is 2.26. The summed E-state index contributed by atoms with van der Waals surface area (Å²) in [6, 6.07) is 6.51. The molecule has 0 aliphatic carbocycles. The SMILES string of the molecule is COc1cc(=O)n(-c2ccccn2)cc1C(=O)N1CCc2cnc(N)nc2C1. The van der Waals surface area contributed by atoms with Crippen LogP contribution in [0.2, 0.25) is 0 Å². The van der Waals surface area contributed by atoms with Crippen LogP contribution >= 0.6 is 0 Å². The number of carbonyl (C=O) groups is 1. The molecule has 0 fully saturated rings. The van der Waals surface area contributed by atoms with Crippen LogP contribution in [-0.4, -0.2) is 44.0 Å². The number of nitrogen functional groups attached to an aromatic ring is 1. The van der Waals surface area contributed by atoms with Crippen molar-refractivity contribution in [1.29, 1.82) is 0 Å². The number of nitrogens with zero attached hydrogens (tertiary/aromatic N) is 5. The van der Waals surface area contributed by atoms with E-state index in [1.165, 1.54) is 23.9 Å². The average Bonchev–Trinajstić information content (AvgIpc) is 2.73. The molecule has 9 nitrogen and oxygen atoms in total. The molecule has 0 saturated heterocycles. The van der Waals surface area contributed by atoms with Crippen LogP contribution < -0.4 is 16.0 Å². The van der Waals surface area contributed by atoms with E-state index >= 15 is 0 Å². The molecule has 9 heteroatoms. The van der Waals surface area contributed by atoms with Crippen LogP contribution in [0.3, 0.4) is 0 Å². The number of rotatable bonds is 3. The molecule has 3 aromatic rings. The van der Waals surface area contributed by atoms with E-state index in [4.69, 9.17) is 10.5 Å². The van der Waals surface area contributed by atoms with Crippen LogP contribution in [0.5, 0.6) is 5.75 Å². The van der Waals surface area contributed by atoms with Gasteiger partial charge in [0.15, 0.2) is 0 Å².